The van der Waals surface area contributed by atoms with Crippen LogP contribution >= 0.6 is 0 Å². The van der Waals surface area contributed by atoms with Crippen LogP contribution in [0.2, 0.25) is 0 Å². The second-order valence-electron chi connectivity index (χ2n) is 4.16. The van der Waals surface area contributed by atoms with Gasteiger partial charge < -0.3 is 15.7 Å². The molecule has 0 spiro atoms. The summed E-state index contributed by atoms with van der Waals surface area (Å²) in [7, 11) is 1.67. The van der Waals surface area contributed by atoms with E-state index in [0.29, 0.717) is 16.8 Å². The van der Waals surface area contributed by atoms with Crippen molar-refractivity contribution >= 4 is 11.6 Å². The Morgan fingerprint density at radius 2 is 2.18 bits per heavy atom. The normalized spacial score (nSPS) is 12.3. The van der Waals surface area contributed by atoms with Crippen molar-refractivity contribution in [2.24, 2.45) is 5.73 Å². The van der Waals surface area contributed by atoms with Crippen molar-refractivity contribution in [1.29, 1.82) is 0 Å². The molecule has 0 saturated heterocycles. The standard InChI is InChI=1S/C12H17FN2O2/c1-7-4-11(15(3)6-12(14)17)9(8(2)16)5-10(7)13/h4-5,8,16H,6H2,1-3H3,(H2,14,17)/t8-/m0/s1. The summed E-state index contributed by atoms with van der Waals surface area (Å²) < 4.78 is 13.4. The molecule has 0 aliphatic rings. The van der Waals surface area contributed by atoms with E-state index in [1.807, 2.05) is 0 Å². The molecule has 0 aromatic heterocycles. The van der Waals surface area contributed by atoms with E-state index in [2.05, 4.69) is 0 Å². The van der Waals surface area contributed by atoms with Gasteiger partial charge in [0.2, 0.25) is 5.91 Å². The van der Waals surface area contributed by atoms with E-state index in [0.717, 1.165) is 0 Å². The third-order valence-electron chi connectivity index (χ3n) is 2.56. The Hall–Kier alpha value is -1.62. The van der Waals surface area contributed by atoms with Crippen LogP contribution < -0.4 is 10.6 Å². The fraction of sp³-hybridized carbons (Fsp3) is 0.417. The summed E-state index contributed by atoms with van der Waals surface area (Å²) >= 11 is 0. The smallest absolute Gasteiger partial charge is 0.236 e. The number of rotatable bonds is 4. The Morgan fingerprint density at radius 3 is 2.65 bits per heavy atom. The van der Waals surface area contributed by atoms with E-state index >= 15 is 0 Å². The first-order valence-electron chi connectivity index (χ1n) is 5.30. The van der Waals surface area contributed by atoms with E-state index in [-0.39, 0.29) is 12.4 Å². The topological polar surface area (TPSA) is 66.6 Å². The number of primary amides is 1. The lowest BCUT2D eigenvalue weighted by molar-refractivity contribution is -0.116. The summed E-state index contributed by atoms with van der Waals surface area (Å²) in [6.07, 6.45) is -0.810. The number of hydrogen-bond acceptors (Lipinski definition) is 3. The van der Waals surface area contributed by atoms with Gasteiger partial charge in [0.05, 0.1) is 12.6 Å². The number of aliphatic hydroxyl groups excluding tert-OH is 1. The molecule has 0 fully saturated rings. The minimum atomic E-state index is -0.810. The van der Waals surface area contributed by atoms with Crippen molar-refractivity contribution in [3.63, 3.8) is 0 Å². The van der Waals surface area contributed by atoms with Crippen LogP contribution in [0.5, 0.6) is 0 Å². The number of halogens is 1. The monoisotopic (exact) mass is 240 g/mol. The van der Waals surface area contributed by atoms with Crippen LogP contribution in [0.3, 0.4) is 0 Å². The molecule has 0 radical (unpaired) electrons. The van der Waals surface area contributed by atoms with Crippen LogP contribution in [-0.4, -0.2) is 24.6 Å². The Kier molecular flexibility index (Phi) is 4.07. The minimum absolute atomic E-state index is 0.0186. The number of aliphatic hydroxyl groups is 1. The van der Waals surface area contributed by atoms with Gasteiger partial charge in [0.1, 0.15) is 5.82 Å². The average molecular weight is 240 g/mol. The van der Waals surface area contributed by atoms with Gasteiger partial charge in [-0.15, -0.1) is 0 Å². The average Bonchev–Trinajstić information content (AvgIpc) is 2.19. The van der Waals surface area contributed by atoms with Gasteiger partial charge in [-0.25, -0.2) is 4.39 Å². The molecule has 5 heteroatoms. The summed E-state index contributed by atoms with van der Waals surface area (Å²) in [5.41, 5.74) is 6.62. The number of likely N-dealkylation sites (N-methyl/N-ethyl adjacent to an activating group) is 1. The van der Waals surface area contributed by atoms with E-state index in [1.165, 1.54) is 6.07 Å². The third kappa shape index (κ3) is 3.17. The summed E-state index contributed by atoms with van der Waals surface area (Å²) in [6.45, 7) is 3.19. The van der Waals surface area contributed by atoms with E-state index in [9.17, 15) is 14.3 Å². The first kappa shape index (κ1) is 13.4. The molecule has 3 N–H and O–H groups in total. The summed E-state index contributed by atoms with van der Waals surface area (Å²) in [5, 5.41) is 9.59. The van der Waals surface area contributed by atoms with E-state index < -0.39 is 12.0 Å². The molecule has 1 amide bonds. The lowest BCUT2D eigenvalue weighted by atomic mass is 10.0. The molecule has 0 saturated carbocycles. The molecule has 94 valence electrons. The molecular weight excluding hydrogens is 223 g/mol. The fourth-order valence-corrected chi connectivity index (χ4v) is 1.67. The summed E-state index contributed by atoms with van der Waals surface area (Å²) in [5.74, 6) is -0.858. The maximum Gasteiger partial charge on any atom is 0.236 e. The fourth-order valence-electron chi connectivity index (χ4n) is 1.67. The van der Waals surface area contributed by atoms with Crippen LogP contribution in [0.15, 0.2) is 12.1 Å². The molecular formula is C12H17FN2O2. The lowest BCUT2D eigenvalue weighted by Gasteiger charge is -2.23. The Morgan fingerprint density at radius 1 is 1.59 bits per heavy atom. The highest BCUT2D eigenvalue weighted by Gasteiger charge is 2.15. The molecule has 1 rings (SSSR count). The maximum absolute atomic E-state index is 13.4. The minimum Gasteiger partial charge on any atom is -0.389 e. The van der Waals surface area contributed by atoms with E-state index in [1.54, 1.807) is 31.9 Å². The summed E-state index contributed by atoms with van der Waals surface area (Å²) in [6, 6.07) is 2.88. The second kappa shape index (κ2) is 5.14. The van der Waals surface area contributed by atoms with Crippen LogP contribution in [0.4, 0.5) is 10.1 Å². The van der Waals surface area contributed by atoms with Crippen LogP contribution in [0, 0.1) is 12.7 Å². The number of benzene rings is 1. The van der Waals surface area contributed by atoms with Crippen LogP contribution in [-0.2, 0) is 4.79 Å². The second-order valence-corrected chi connectivity index (χ2v) is 4.16. The lowest BCUT2D eigenvalue weighted by Crippen LogP contribution is -2.31. The first-order valence-corrected chi connectivity index (χ1v) is 5.30. The van der Waals surface area contributed by atoms with Gasteiger partial charge in [-0.1, -0.05) is 0 Å². The van der Waals surface area contributed by atoms with Gasteiger partial charge in [-0.05, 0) is 31.5 Å². The number of nitrogens with two attached hydrogens (primary N) is 1. The quantitative estimate of drug-likeness (QED) is 0.828. The highest BCUT2D eigenvalue weighted by Crippen LogP contribution is 2.28. The first-order chi connectivity index (χ1) is 7.82. The predicted molar refractivity (Wildman–Crippen MR) is 64.2 cm³/mol. The number of aryl methyl sites for hydroxylation is 1. The highest BCUT2D eigenvalue weighted by atomic mass is 19.1. The number of carbonyl (C=O) groups is 1. The van der Waals surface area contributed by atoms with Gasteiger partial charge in [0.15, 0.2) is 0 Å². The van der Waals surface area contributed by atoms with E-state index in [4.69, 9.17) is 5.73 Å². The molecule has 17 heavy (non-hydrogen) atoms. The number of hydrogen-bond donors (Lipinski definition) is 2. The molecule has 1 aromatic rings. The van der Waals surface area contributed by atoms with Gasteiger partial charge in [0, 0.05) is 18.3 Å². The molecule has 0 heterocycles. The Bertz CT molecular complexity index is 433. The van der Waals surface area contributed by atoms with Crippen molar-refractivity contribution in [2.45, 2.75) is 20.0 Å². The van der Waals surface area contributed by atoms with Crippen molar-refractivity contribution in [1.82, 2.24) is 0 Å². The number of amides is 1. The van der Waals surface area contributed by atoms with Crippen molar-refractivity contribution in [3.8, 4) is 0 Å². The zero-order valence-corrected chi connectivity index (χ0v) is 10.2. The van der Waals surface area contributed by atoms with Gasteiger partial charge >= 0.3 is 0 Å². The molecule has 0 aliphatic heterocycles. The Labute approximate surface area is 99.8 Å². The van der Waals surface area contributed by atoms with Crippen LogP contribution in [0.1, 0.15) is 24.2 Å². The number of nitrogens with zero attached hydrogens (tertiary/aromatic N) is 1. The Balaban J connectivity index is 3.20. The molecule has 4 nitrogen and oxygen atoms in total. The van der Waals surface area contributed by atoms with Crippen LogP contribution in [0.25, 0.3) is 0 Å². The van der Waals surface area contributed by atoms with Gasteiger partial charge in [0.25, 0.3) is 0 Å². The highest BCUT2D eigenvalue weighted by molar-refractivity contribution is 5.79. The van der Waals surface area contributed by atoms with Crippen molar-refractivity contribution in [2.75, 3.05) is 18.5 Å². The zero-order chi connectivity index (χ0) is 13.2. The molecule has 0 unspecified atom stereocenters. The summed E-state index contributed by atoms with van der Waals surface area (Å²) in [4.78, 5) is 12.5. The zero-order valence-electron chi connectivity index (χ0n) is 10.2. The number of anilines is 1. The molecule has 0 aliphatic carbocycles. The molecule has 0 bridgehead atoms. The van der Waals surface area contributed by atoms with Gasteiger partial charge in [-0.2, -0.15) is 0 Å². The van der Waals surface area contributed by atoms with Crippen molar-refractivity contribution < 1.29 is 14.3 Å². The maximum atomic E-state index is 13.4. The molecule has 1 aromatic carbocycles. The SMILES string of the molecule is Cc1cc(N(C)CC(N)=O)c([C@H](C)O)cc1F. The third-order valence-corrected chi connectivity index (χ3v) is 2.56. The molecule has 1 atom stereocenters. The van der Waals surface area contributed by atoms with Crippen molar-refractivity contribution in [3.05, 3.63) is 29.1 Å². The van der Waals surface area contributed by atoms with Gasteiger partial charge in [-0.3, -0.25) is 4.79 Å². The predicted octanol–water partition coefficient (Wildman–Crippen LogP) is 1.11. The largest absolute Gasteiger partial charge is 0.389 e. The number of carbonyl (C=O) groups excluding carboxylic acids is 1.